The molecule has 0 bridgehead atoms. The number of furan rings is 1. The predicted molar refractivity (Wildman–Crippen MR) is 305 cm³/mol. The van der Waals surface area contributed by atoms with E-state index >= 15 is 0 Å². The van der Waals surface area contributed by atoms with Crippen molar-refractivity contribution in [1.29, 1.82) is 0 Å². The van der Waals surface area contributed by atoms with Crippen molar-refractivity contribution in [2.45, 2.75) is 194 Å². The van der Waals surface area contributed by atoms with E-state index in [9.17, 15) is 0 Å². The van der Waals surface area contributed by atoms with Crippen LogP contribution in [-0.4, -0.2) is 12.4 Å². The molecule has 3 atom stereocenters. The van der Waals surface area contributed by atoms with E-state index in [4.69, 9.17) is 9.15 Å². The van der Waals surface area contributed by atoms with Crippen LogP contribution in [0.4, 0.5) is 28.4 Å². The second kappa shape index (κ2) is 14.4. The highest BCUT2D eigenvalue weighted by Gasteiger charge is 2.64. The van der Waals surface area contributed by atoms with Crippen LogP contribution in [0.1, 0.15) is 184 Å². The lowest BCUT2D eigenvalue weighted by Crippen LogP contribution is -2.66. The molecule has 4 aliphatic carbocycles. The molecule has 4 heterocycles. The van der Waals surface area contributed by atoms with Crippen molar-refractivity contribution in [3.63, 3.8) is 0 Å². The quantitative estimate of drug-likeness (QED) is 0.162. The van der Waals surface area contributed by atoms with Gasteiger partial charge in [0.1, 0.15) is 16.9 Å². The first-order chi connectivity index (χ1) is 33.6. The lowest BCUT2D eigenvalue weighted by Gasteiger charge is -2.55. The summed E-state index contributed by atoms with van der Waals surface area (Å²) in [6.45, 7) is 39.7. The van der Waals surface area contributed by atoms with Crippen LogP contribution in [0.5, 0.6) is 0 Å². The van der Waals surface area contributed by atoms with Gasteiger partial charge in [-0.3, -0.25) is 0 Å². The molecule has 0 radical (unpaired) electrons. The van der Waals surface area contributed by atoms with Gasteiger partial charge in [-0.25, -0.2) is 0 Å². The average molecular weight is 955 g/mol. The zero-order chi connectivity index (χ0) is 50.8. The van der Waals surface area contributed by atoms with E-state index in [0.29, 0.717) is 5.92 Å². The third-order valence-corrected chi connectivity index (χ3v) is 20.7. The third-order valence-electron chi connectivity index (χ3n) is 20.7. The number of benzene rings is 5. The summed E-state index contributed by atoms with van der Waals surface area (Å²) in [6.07, 6.45) is 10.7. The van der Waals surface area contributed by atoms with Crippen LogP contribution in [0.3, 0.4) is 0 Å². The van der Waals surface area contributed by atoms with Crippen LogP contribution in [0.25, 0.3) is 21.9 Å². The Morgan fingerprint density at radius 2 is 1.18 bits per heavy atom. The SMILES string of the molecule is CC1(C)CCC(C)(C)C2CC3=C(C=C21)OC1(C)C3B2c3cc4c(cc3N(c3cccc5oc6ccccc6c35)c3cc(C(C)(C)C)cc(c32)N1c1ccc2c(c1)C(C)(C)CCC2(C)C)C(C)(C)CCC4(C)C. The summed E-state index contributed by atoms with van der Waals surface area (Å²) in [6, 6.07) is 33.6. The van der Waals surface area contributed by atoms with Gasteiger partial charge in [-0.15, -0.1) is 0 Å². The highest BCUT2D eigenvalue weighted by molar-refractivity contribution is 6.91. The van der Waals surface area contributed by atoms with Crippen molar-refractivity contribution in [2.75, 3.05) is 9.80 Å². The molecule has 6 aromatic rings. The van der Waals surface area contributed by atoms with Crippen molar-refractivity contribution in [3.05, 3.63) is 136 Å². The molecule has 7 aliphatic rings. The van der Waals surface area contributed by atoms with E-state index in [1.54, 1.807) is 5.57 Å². The Morgan fingerprint density at radius 3 is 1.88 bits per heavy atom. The van der Waals surface area contributed by atoms with Gasteiger partial charge in [0, 0.05) is 34.0 Å². The Hall–Kier alpha value is -5.16. The van der Waals surface area contributed by atoms with E-state index in [0.717, 1.165) is 48.0 Å². The minimum Gasteiger partial charge on any atom is -0.468 e. The predicted octanol–water partition coefficient (Wildman–Crippen LogP) is 17.3. The summed E-state index contributed by atoms with van der Waals surface area (Å²) in [5.41, 5.74) is 21.0. The summed E-state index contributed by atoms with van der Waals surface area (Å²) in [4.78, 5) is 5.44. The summed E-state index contributed by atoms with van der Waals surface area (Å²) in [5, 5.41) is 2.32. The summed E-state index contributed by atoms with van der Waals surface area (Å²) in [7, 11) is 0. The first-order valence-corrected chi connectivity index (χ1v) is 27.8. The van der Waals surface area contributed by atoms with Gasteiger partial charge in [-0.1, -0.05) is 146 Å². The number of rotatable bonds is 2. The Balaban J connectivity index is 1.18. The van der Waals surface area contributed by atoms with Gasteiger partial charge in [0.2, 0.25) is 6.71 Å². The molecule has 4 nitrogen and oxygen atoms in total. The number of anilines is 5. The fourth-order valence-corrected chi connectivity index (χ4v) is 15.8. The first-order valence-electron chi connectivity index (χ1n) is 27.8. The van der Waals surface area contributed by atoms with E-state index in [1.165, 1.54) is 97.4 Å². The van der Waals surface area contributed by atoms with Crippen molar-refractivity contribution in [2.24, 2.45) is 16.7 Å². The first kappa shape index (κ1) is 46.6. The van der Waals surface area contributed by atoms with Crippen LogP contribution in [0, 0.1) is 16.7 Å². The normalized spacial score (nSPS) is 26.4. The number of hydrogen-bond donors (Lipinski definition) is 0. The monoisotopic (exact) mass is 955 g/mol. The lowest BCUT2D eigenvalue weighted by atomic mass is 9.27. The van der Waals surface area contributed by atoms with Gasteiger partial charge in [-0.05, 0) is 195 Å². The van der Waals surface area contributed by atoms with E-state index in [1.807, 2.05) is 0 Å². The fourth-order valence-electron chi connectivity index (χ4n) is 15.8. The van der Waals surface area contributed by atoms with Gasteiger partial charge in [0.05, 0.1) is 11.1 Å². The van der Waals surface area contributed by atoms with Gasteiger partial charge in [0.25, 0.3) is 0 Å². The molecule has 1 saturated carbocycles. The zero-order valence-electron chi connectivity index (χ0n) is 46.6. The number of nitrogens with zero attached hydrogens (tertiary/aromatic N) is 2. The Labute approximate surface area is 431 Å². The largest absolute Gasteiger partial charge is 0.468 e. The topological polar surface area (TPSA) is 28.9 Å². The maximum absolute atomic E-state index is 8.06. The number of fused-ring (bicyclic) bond motifs is 11. The summed E-state index contributed by atoms with van der Waals surface area (Å²) in [5.74, 6) is 1.63. The van der Waals surface area contributed by atoms with Gasteiger partial charge < -0.3 is 19.0 Å². The third kappa shape index (κ3) is 6.30. The molecule has 5 heteroatoms. The van der Waals surface area contributed by atoms with Gasteiger partial charge in [-0.2, -0.15) is 0 Å². The van der Waals surface area contributed by atoms with E-state index in [-0.39, 0.29) is 50.4 Å². The lowest BCUT2D eigenvalue weighted by molar-refractivity contribution is 0.0539. The Bertz CT molecular complexity index is 3420. The fraction of sp³-hybridized carbons (Fsp3) is 0.493. The highest BCUT2D eigenvalue weighted by Crippen LogP contribution is 2.65. The number of ether oxygens (including phenoxy) is 1. The molecule has 3 unspecified atom stereocenters. The molecule has 0 spiro atoms. The van der Waals surface area contributed by atoms with Crippen LogP contribution >= 0.6 is 0 Å². The molecule has 72 heavy (non-hydrogen) atoms. The van der Waals surface area contributed by atoms with Gasteiger partial charge in [0.15, 0.2) is 5.72 Å². The standard InChI is InChI=1S/C67H79BN2O2/c1-60(2,3)39-32-52-58-53(33-39)70(40-24-25-43-44(34-40)62(6,7)27-26-61(43,4)5)67(16)59(42-35-45-48(38-56(42)72-67)66(14,15)31-28-63(45,8)9)68(58)49-36-46-47(65(12,13)30-29-64(46,10)11)37-51(49)69(52)50-21-19-23-55-57(50)41-20-17-18-22-54(41)71-55/h17-25,32-34,36-38,45,59H,26-31,35H2,1-16H3. The smallest absolute Gasteiger partial charge is 0.231 e. The van der Waals surface area contributed by atoms with Crippen LogP contribution in [-0.2, 0) is 31.8 Å². The zero-order valence-corrected chi connectivity index (χ0v) is 46.6. The molecule has 1 fully saturated rings. The highest BCUT2D eigenvalue weighted by atomic mass is 16.5. The maximum atomic E-state index is 8.06. The van der Waals surface area contributed by atoms with Crippen molar-refractivity contribution >= 4 is 68.0 Å². The van der Waals surface area contributed by atoms with Crippen LogP contribution in [0.2, 0.25) is 5.82 Å². The van der Waals surface area contributed by atoms with Crippen molar-refractivity contribution in [3.8, 4) is 0 Å². The van der Waals surface area contributed by atoms with Crippen molar-refractivity contribution in [1.82, 2.24) is 0 Å². The average Bonchev–Trinajstić information content (AvgIpc) is 3.84. The van der Waals surface area contributed by atoms with Crippen LogP contribution < -0.4 is 20.7 Å². The van der Waals surface area contributed by atoms with E-state index in [2.05, 4.69) is 212 Å². The molecule has 0 saturated heterocycles. The number of hydrogen-bond acceptors (Lipinski definition) is 4. The van der Waals surface area contributed by atoms with Crippen molar-refractivity contribution < 1.29 is 9.15 Å². The molecule has 1 aromatic heterocycles. The molecular formula is C67H79BN2O2. The molecule has 0 N–H and O–H groups in total. The molecule has 13 rings (SSSR count). The van der Waals surface area contributed by atoms with Crippen LogP contribution in [0.15, 0.2) is 112 Å². The second-order valence-electron chi connectivity index (χ2n) is 29.0. The number of allylic oxidation sites excluding steroid dienone is 2. The van der Waals surface area contributed by atoms with Gasteiger partial charge >= 0.3 is 0 Å². The number of para-hydroxylation sites is 1. The Morgan fingerprint density at radius 1 is 0.569 bits per heavy atom. The van der Waals surface area contributed by atoms with E-state index < -0.39 is 5.72 Å². The summed E-state index contributed by atoms with van der Waals surface area (Å²) >= 11 is 0. The summed E-state index contributed by atoms with van der Waals surface area (Å²) < 4.78 is 14.8. The molecule has 5 aromatic carbocycles. The molecular weight excluding hydrogens is 876 g/mol. The minimum absolute atomic E-state index is 0.0152. The minimum atomic E-state index is -0.734. The molecule has 3 aliphatic heterocycles. The maximum Gasteiger partial charge on any atom is 0.231 e. The Kier molecular flexibility index (Phi) is 9.30. The second-order valence-corrected chi connectivity index (χ2v) is 29.0. The molecule has 372 valence electrons. The molecule has 0 amide bonds.